The molecule has 2 aromatic carbocycles. The monoisotopic (exact) mass is 420 g/mol. The van der Waals surface area contributed by atoms with E-state index in [-0.39, 0.29) is 23.8 Å². The van der Waals surface area contributed by atoms with E-state index < -0.39 is 0 Å². The topological polar surface area (TPSA) is 58.6 Å². The molecule has 5 nitrogen and oxygen atoms in total. The first-order valence-corrected chi connectivity index (χ1v) is 11.6. The summed E-state index contributed by atoms with van der Waals surface area (Å²) in [5.74, 6) is 1.21. The van der Waals surface area contributed by atoms with Gasteiger partial charge < -0.3 is 15.0 Å². The van der Waals surface area contributed by atoms with Crippen molar-refractivity contribution in [2.45, 2.75) is 57.6 Å². The number of hydrogen-bond donors (Lipinski definition) is 1. The Hall–Kier alpha value is -2.82. The normalized spacial score (nSPS) is 17.9. The first-order chi connectivity index (χ1) is 15.2. The minimum atomic E-state index is 0.0478. The molecule has 164 valence electrons. The van der Waals surface area contributed by atoms with Gasteiger partial charge in [-0.3, -0.25) is 9.59 Å². The minimum absolute atomic E-state index is 0.0478. The van der Waals surface area contributed by atoms with Gasteiger partial charge in [-0.25, -0.2) is 0 Å². The Labute approximate surface area is 184 Å². The highest BCUT2D eigenvalue weighted by Gasteiger charge is 2.27. The summed E-state index contributed by atoms with van der Waals surface area (Å²) in [6, 6.07) is 17.6. The fourth-order valence-corrected chi connectivity index (χ4v) is 4.53. The van der Waals surface area contributed by atoms with Crippen LogP contribution in [-0.2, 0) is 11.4 Å². The zero-order valence-corrected chi connectivity index (χ0v) is 18.1. The van der Waals surface area contributed by atoms with Crippen LogP contribution in [0.25, 0.3) is 0 Å². The van der Waals surface area contributed by atoms with Crippen LogP contribution < -0.4 is 10.1 Å². The van der Waals surface area contributed by atoms with Crippen molar-refractivity contribution in [2.75, 3.05) is 13.1 Å². The third-order valence-corrected chi connectivity index (χ3v) is 6.45. The fraction of sp³-hybridized carbons (Fsp3) is 0.462. The Morgan fingerprint density at radius 3 is 2.23 bits per heavy atom. The quantitative estimate of drug-likeness (QED) is 0.745. The van der Waals surface area contributed by atoms with Gasteiger partial charge in [0.25, 0.3) is 5.91 Å². The molecule has 0 atom stereocenters. The van der Waals surface area contributed by atoms with E-state index in [9.17, 15) is 9.59 Å². The van der Waals surface area contributed by atoms with E-state index in [1.165, 1.54) is 19.3 Å². The highest BCUT2D eigenvalue weighted by Crippen LogP contribution is 2.24. The Balaban J connectivity index is 1.23. The van der Waals surface area contributed by atoms with E-state index >= 15 is 0 Å². The summed E-state index contributed by atoms with van der Waals surface area (Å²) in [5, 5.41) is 3.23. The molecule has 2 aromatic rings. The van der Waals surface area contributed by atoms with E-state index in [1.54, 1.807) is 0 Å². The number of nitrogens with zero attached hydrogens (tertiary/aromatic N) is 1. The summed E-state index contributed by atoms with van der Waals surface area (Å²) in [7, 11) is 0. The molecule has 31 heavy (non-hydrogen) atoms. The molecule has 2 aliphatic rings. The second-order valence-corrected chi connectivity index (χ2v) is 8.71. The van der Waals surface area contributed by atoms with Crippen molar-refractivity contribution in [3.63, 3.8) is 0 Å². The van der Waals surface area contributed by atoms with Crippen LogP contribution in [0.5, 0.6) is 5.75 Å². The van der Waals surface area contributed by atoms with Crippen LogP contribution in [-0.4, -0.2) is 35.8 Å². The first kappa shape index (κ1) is 21.4. The number of hydrogen-bond acceptors (Lipinski definition) is 3. The highest BCUT2D eigenvalue weighted by atomic mass is 16.5. The van der Waals surface area contributed by atoms with Crippen molar-refractivity contribution in [3.8, 4) is 5.75 Å². The van der Waals surface area contributed by atoms with Crippen molar-refractivity contribution < 1.29 is 14.3 Å². The second-order valence-electron chi connectivity index (χ2n) is 8.71. The van der Waals surface area contributed by atoms with Gasteiger partial charge in [0.2, 0.25) is 5.91 Å². The number of piperidine rings is 1. The molecule has 0 radical (unpaired) electrons. The van der Waals surface area contributed by atoms with Crippen molar-refractivity contribution in [1.29, 1.82) is 0 Å². The average molecular weight is 421 g/mol. The predicted octanol–water partition coefficient (Wildman–Crippen LogP) is 4.57. The lowest BCUT2D eigenvalue weighted by molar-refractivity contribution is -0.126. The molecule has 1 aliphatic carbocycles. The Morgan fingerprint density at radius 2 is 1.55 bits per heavy atom. The lowest BCUT2D eigenvalue weighted by atomic mass is 9.88. The smallest absolute Gasteiger partial charge is 0.253 e. The SMILES string of the molecule is O=C(NC1CCN(C(=O)c2ccc(OCc3ccccc3)cc2)CC1)C1CCCCC1. The van der Waals surface area contributed by atoms with E-state index in [4.69, 9.17) is 4.74 Å². The summed E-state index contributed by atoms with van der Waals surface area (Å²) in [4.78, 5) is 27.2. The summed E-state index contributed by atoms with van der Waals surface area (Å²) >= 11 is 0. The molecule has 0 bridgehead atoms. The Bertz CT molecular complexity index is 852. The first-order valence-electron chi connectivity index (χ1n) is 11.6. The maximum atomic E-state index is 12.9. The van der Waals surface area contributed by atoms with E-state index in [0.29, 0.717) is 25.3 Å². The van der Waals surface area contributed by atoms with Gasteiger partial charge in [0.15, 0.2) is 0 Å². The lowest BCUT2D eigenvalue weighted by Gasteiger charge is -2.33. The summed E-state index contributed by atoms with van der Waals surface area (Å²) in [6.45, 7) is 1.87. The number of nitrogens with one attached hydrogen (secondary N) is 1. The predicted molar refractivity (Wildman–Crippen MR) is 121 cm³/mol. The van der Waals surface area contributed by atoms with Crippen molar-refractivity contribution in [1.82, 2.24) is 10.2 Å². The molecular formula is C26H32N2O3. The van der Waals surface area contributed by atoms with Crippen molar-refractivity contribution in [2.24, 2.45) is 5.92 Å². The van der Waals surface area contributed by atoms with Gasteiger partial charge in [0.05, 0.1) is 0 Å². The molecule has 1 aliphatic heterocycles. The minimum Gasteiger partial charge on any atom is -0.489 e. The second kappa shape index (κ2) is 10.5. The largest absolute Gasteiger partial charge is 0.489 e. The number of amides is 2. The average Bonchev–Trinajstić information content (AvgIpc) is 2.84. The number of rotatable bonds is 6. The van der Waals surface area contributed by atoms with Crippen LogP contribution in [0.3, 0.4) is 0 Å². The van der Waals surface area contributed by atoms with E-state index in [2.05, 4.69) is 5.32 Å². The molecule has 1 saturated carbocycles. The molecule has 0 aromatic heterocycles. The van der Waals surface area contributed by atoms with Crippen LogP contribution in [0.15, 0.2) is 54.6 Å². The Morgan fingerprint density at radius 1 is 0.871 bits per heavy atom. The molecule has 1 heterocycles. The number of carbonyl (C=O) groups excluding carboxylic acids is 2. The molecular weight excluding hydrogens is 388 g/mol. The van der Waals surface area contributed by atoms with Gasteiger partial charge >= 0.3 is 0 Å². The summed E-state index contributed by atoms with van der Waals surface area (Å²) < 4.78 is 5.81. The Kier molecular flexibility index (Phi) is 7.23. The van der Waals surface area contributed by atoms with E-state index in [0.717, 1.165) is 37.0 Å². The van der Waals surface area contributed by atoms with Gasteiger partial charge in [-0.15, -0.1) is 0 Å². The number of likely N-dealkylation sites (tertiary alicyclic amines) is 1. The fourth-order valence-electron chi connectivity index (χ4n) is 4.53. The summed E-state index contributed by atoms with van der Waals surface area (Å²) in [6.07, 6.45) is 7.28. The standard InChI is InChI=1S/C26H32N2O3/c29-25(21-9-5-2-6-10-21)27-23-15-17-28(18-16-23)26(30)22-11-13-24(14-12-22)31-19-20-7-3-1-4-8-20/h1,3-4,7-8,11-14,21,23H,2,5-6,9-10,15-19H2,(H,27,29). The highest BCUT2D eigenvalue weighted by molar-refractivity contribution is 5.94. The number of carbonyl (C=O) groups is 2. The summed E-state index contributed by atoms with van der Waals surface area (Å²) in [5.41, 5.74) is 1.79. The van der Waals surface area contributed by atoms with Gasteiger partial charge in [0, 0.05) is 30.6 Å². The van der Waals surface area contributed by atoms with Crippen LogP contribution in [0, 0.1) is 5.92 Å². The number of ether oxygens (including phenoxy) is 1. The maximum absolute atomic E-state index is 12.9. The molecule has 0 unspecified atom stereocenters. The molecule has 5 heteroatoms. The van der Waals surface area contributed by atoms with Crippen LogP contribution in [0.1, 0.15) is 60.9 Å². The molecule has 1 N–H and O–H groups in total. The van der Waals surface area contributed by atoms with Gasteiger partial charge in [0.1, 0.15) is 12.4 Å². The zero-order valence-electron chi connectivity index (χ0n) is 18.1. The zero-order chi connectivity index (χ0) is 21.5. The van der Waals surface area contributed by atoms with Gasteiger partial charge in [-0.2, -0.15) is 0 Å². The van der Waals surface area contributed by atoms with Gasteiger partial charge in [-0.1, -0.05) is 49.6 Å². The van der Waals surface area contributed by atoms with Crippen molar-refractivity contribution in [3.05, 3.63) is 65.7 Å². The van der Waals surface area contributed by atoms with Gasteiger partial charge in [-0.05, 0) is 55.5 Å². The molecule has 1 saturated heterocycles. The molecule has 0 spiro atoms. The van der Waals surface area contributed by atoms with Crippen molar-refractivity contribution >= 4 is 11.8 Å². The van der Waals surface area contributed by atoms with Crippen LogP contribution in [0.4, 0.5) is 0 Å². The molecule has 2 amide bonds. The molecule has 4 rings (SSSR count). The van der Waals surface area contributed by atoms with Crippen LogP contribution >= 0.6 is 0 Å². The lowest BCUT2D eigenvalue weighted by Crippen LogP contribution is -2.48. The van der Waals surface area contributed by atoms with Crippen LogP contribution in [0.2, 0.25) is 0 Å². The maximum Gasteiger partial charge on any atom is 0.253 e. The van der Waals surface area contributed by atoms with E-state index in [1.807, 2.05) is 59.5 Å². The third kappa shape index (κ3) is 5.87. The molecule has 2 fully saturated rings. The number of benzene rings is 2. The third-order valence-electron chi connectivity index (χ3n) is 6.45.